The zero-order chi connectivity index (χ0) is 14.7. The predicted molar refractivity (Wildman–Crippen MR) is 82.2 cm³/mol. The monoisotopic (exact) mass is 305 g/mol. The van der Waals surface area contributed by atoms with Gasteiger partial charge < -0.3 is 14.8 Å². The van der Waals surface area contributed by atoms with Crippen LogP contribution in [0.1, 0.15) is 35.5 Å². The van der Waals surface area contributed by atoms with Crippen LogP contribution in [0.3, 0.4) is 0 Å². The minimum absolute atomic E-state index is 0.0900. The average Bonchev–Trinajstić information content (AvgIpc) is 2.78. The maximum absolute atomic E-state index is 5.78. The molecule has 0 radical (unpaired) electrons. The van der Waals surface area contributed by atoms with Gasteiger partial charge in [-0.2, -0.15) is 0 Å². The van der Waals surface area contributed by atoms with Crippen LogP contribution in [0.5, 0.6) is 11.5 Å². The van der Waals surface area contributed by atoms with E-state index in [1.54, 1.807) is 0 Å². The molecular formula is C15H19N3O2S. The van der Waals surface area contributed by atoms with E-state index in [2.05, 4.69) is 34.0 Å². The second kappa shape index (κ2) is 6.41. The zero-order valence-electron chi connectivity index (χ0n) is 12.3. The summed E-state index contributed by atoms with van der Waals surface area (Å²) >= 11 is 1.44. The first-order chi connectivity index (χ1) is 10.3. The molecule has 1 atom stereocenters. The van der Waals surface area contributed by atoms with Gasteiger partial charge in [-0.25, -0.2) is 0 Å². The highest BCUT2D eigenvalue weighted by Gasteiger charge is 2.21. The molecule has 1 aromatic heterocycles. The lowest BCUT2D eigenvalue weighted by atomic mass is 10.0. The highest BCUT2D eigenvalue weighted by atomic mass is 32.1. The van der Waals surface area contributed by atoms with Crippen LogP contribution in [0.25, 0.3) is 0 Å². The summed E-state index contributed by atoms with van der Waals surface area (Å²) in [6, 6.07) is 6.23. The minimum atomic E-state index is 0.0900. The molecular weight excluding hydrogens is 286 g/mol. The molecule has 0 saturated carbocycles. The van der Waals surface area contributed by atoms with Crippen LogP contribution < -0.4 is 14.8 Å². The fourth-order valence-corrected chi connectivity index (χ4v) is 3.18. The Labute approximate surface area is 128 Å². The molecule has 0 amide bonds. The Morgan fingerprint density at radius 2 is 2.10 bits per heavy atom. The maximum Gasteiger partial charge on any atom is 0.161 e. The molecule has 1 aromatic carbocycles. The van der Waals surface area contributed by atoms with Gasteiger partial charge in [0.2, 0.25) is 0 Å². The number of nitrogens with zero attached hydrogens (tertiary/aromatic N) is 2. The molecule has 0 bridgehead atoms. The average molecular weight is 305 g/mol. The summed E-state index contributed by atoms with van der Waals surface area (Å²) in [5.41, 5.74) is 2.12. The van der Waals surface area contributed by atoms with Gasteiger partial charge in [-0.15, -0.1) is 5.10 Å². The molecule has 1 aliphatic rings. The van der Waals surface area contributed by atoms with Gasteiger partial charge in [0.15, 0.2) is 11.5 Å². The smallest absolute Gasteiger partial charge is 0.161 e. The van der Waals surface area contributed by atoms with Crippen molar-refractivity contribution in [2.24, 2.45) is 0 Å². The molecule has 0 aliphatic carbocycles. The van der Waals surface area contributed by atoms with Crippen LogP contribution in [0.2, 0.25) is 0 Å². The van der Waals surface area contributed by atoms with E-state index in [1.807, 2.05) is 13.0 Å². The van der Waals surface area contributed by atoms with Crippen molar-refractivity contribution in [3.8, 4) is 11.5 Å². The van der Waals surface area contributed by atoms with Crippen molar-refractivity contribution in [1.82, 2.24) is 14.9 Å². The lowest BCUT2D eigenvalue weighted by Crippen LogP contribution is -2.21. The molecule has 21 heavy (non-hydrogen) atoms. The number of aryl methyl sites for hydroxylation is 1. The SMILES string of the molecule is CCNC(c1ccc2c(c1)OCCCO2)c1snnc1C. The Morgan fingerprint density at radius 3 is 2.81 bits per heavy atom. The van der Waals surface area contributed by atoms with Gasteiger partial charge in [0.25, 0.3) is 0 Å². The molecule has 2 aromatic rings. The number of fused-ring (bicyclic) bond motifs is 1. The summed E-state index contributed by atoms with van der Waals surface area (Å²) in [6.45, 7) is 6.37. The Morgan fingerprint density at radius 1 is 1.29 bits per heavy atom. The number of nitrogens with one attached hydrogen (secondary N) is 1. The van der Waals surface area contributed by atoms with Crippen molar-refractivity contribution in [2.75, 3.05) is 19.8 Å². The standard InChI is InChI=1S/C15H19N3O2S/c1-3-16-14(15-10(2)17-18-21-15)11-5-6-12-13(9-11)20-8-4-7-19-12/h5-6,9,14,16H,3-4,7-8H2,1-2H3. The molecule has 1 unspecified atom stereocenters. The van der Waals surface area contributed by atoms with Crippen LogP contribution in [0.15, 0.2) is 18.2 Å². The van der Waals surface area contributed by atoms with Gasteiger partial charge in [0, 0.05) is 6.42 Å². The second-order valence-corrected chi connectivity index (χ2v) is 5.76. The fourth-order valence-electron chi connectivity index (χ4n) is 2.43. The molecule has 0 spiro atoms. The van der Waals surface area contributed by atoms with Crippen molar-refractivity contribution in [2.45, 2.75) is 26.3 Å². The summed E-state index contributed by atoms with van der Waals surface area (Å²) in [5.74, 6) is 1.65. The Balaban J connectivity index is 1.96. The van der Waals surface area contributed by atoms with Gasteiger partial charge in [0.1, 0.15) is 0 Å². The quantitative estimate of drug-likeness (QED) is 0.941. The summed E-state index contributed by atoms with van der Waals surface area (Å²) in [5, 5.41) is 7.62. The molecule has 0 saturated heterocycles. The number of rotatable bonds is 4. The lowest BCUT2D eigenvalue weighted by molar-refractivity contribution is 0.297. The number of aromatic nitrogens is 2. The van der Waals surface area contributed by atoms with E-state index in [0.717, 1.165) is 40.6 Å². The van der Waals surface area contributed by atoms with Crippen LogP contribution >= 0.6 is 11.5 Å². The van der Waals surface area contributed by atoms with Gasteiger partial charge >= 0.3 is 0 Å². The van der Waals surface area contributed by atoms with E-state index in [1.165, 1.54) is 11.5 Å². The number of ether oxygens (including phenoxy) is 2. The van der Waals surface area contributed by atoms with E-state index in [0.29, 0.717) is 13.2 Å². The van der Waals surface area contributed by atoms with Crippen molar-refractivity contribution >= 4 is 11.5 Å². The lowest BCUT2D eigenvalue weighted by Gasteiger charge is -2.18. The maximum atomic E-state index is 5.78. The second-order valence-electron chi connectivity index (χ2n) is 4.97. The van der Waals surface area contributed by atoms with Crippen molar-refractivity contribution in [3.05, 3.63) is 34.3 Å². The normalized spacial score (nSPS) is 15.5. The zero-order valence-corrected chi connectivity index (χ0v) is 13.1. The van der Waals surface area contributed by atoms with Gasteiger partial charge in [-0.05, 0) is 42.7 Å². The summed E-state index contributed by atoms with van der Waals surface area (Å²) < 4.78 is 15.5. The van der Waals surface area contributed by atoms with Crippen LogP contribution in [-0.4, -0.2) is 29.3 Å². The Kier molecular flexibility index (Phi) is 4.36. The van der Waals surface area contributed by atoms with Crippen LogP contribution in [0, 0.1) is 6.92 Å². The molecule has 112 valence electrons. The first-order valence-electron chi connectivity index (χ1n) is 7.21. The van der Waals surface area contributed by atoms with E-state index < -0.39 is 0 Å². The summed E-state index contributed by atoms with van der Waals surface area (Å²) in [6.07, 6.45) is 0.915. The Hall–Kier alpha value is -1.66. The molecule has 5 nitrogen and oxygen atoms in total. The number of hydrogen-bond acceptors (Lipinski definition) is 6. The van der Waals surface area contributed by atoms with E-state index >= 15 is 0 Å². The molecule has 1 N–H and O–H groups in total. The third kappa shape index (κ3) is 3.01. The van der Waals surface area contributed by atoms with Gasteiger partial charge in [-0.3, -0.25) is 0 Å². The van der Waals surface area contributed by atoms with Crippen molar-refractivity contribution in [1.29, 1.82) is 0 Å². The van der Waals surface area contributed by atoms with Crippen LogP contribution in [-0.2, 0) is 0 Å². The fraction of sp³-hybridized carbons (Fsp3) is 0.467. The summed E-state index contributed by atoms with van der Waals surface area (Å²) in [4.78, 5) is 1.14. The largest absolute Gasteiger partial charge is 0.490 e. The van der Waals surface area contributed by atoms with Crippen molar-refractivity contribution < 1.29 is 9.47 Å². The molecule has 2 heterocycles. The van der Waals surface area contributed by atoms with E-state index in [9.17, 15) is 0 Å². The van der Waals surface area contributed by atoms with Crippen LogP contribution in [0.4, 0.5) is 0 Å². The van der Waals surface area contributed by atoms with Gasteiger partial charge in [0.05, 0.1) is 29.8 Å². The molecule has 6 heteroatoms. The van der Waals surface area contributed by atoms with E-state index in [4.69, 9.17) is 9.47 Å². The molecule has 0 fully saturated rings. The number of hydrogen-bond donors (Lipinski definition) is 1. The third-order valence-electron chi connectivity index (χ3n) is 3.46. The number of benzene rings is 1. The Bertz CT molecular complexity index is 615. The minimum Gasteiger partial charge on any atom is -0.490 e. The third-order valence-corrected chi connectivity index (χ3v) is 4.35. The molecule has 1 aliphatic heterocycles. The van der Waals surface area contributed by atoms with Crippen molar-refractivity contribution in [3.63, 3.8) is 0 Å². The van der Waals surface area contributed by atoms with Gasteiger partial charge in [-0.1, -0.05) is 17.5 Å². The highest BCUT2D eigenvalue weighted by Crippen LogP contribution is 2.35. The summed E-state index contributed by atoms with van der Waals surface area (Å²) in [7, 11) is 0. The first kappa shape index (κ1) is 14.3. The molecule has 3 rings (SSSR count). The predicted octanol–water partition coefficient (Wildman–Crippen LogP) is 2.71. The first-order valence-corrected chi connectivity index (χ1v) is 7.98. The highest BCUT2D eigenvalue weighted by molar-refractivity contribution is 7.05. The topological polar surface area (TPSA) is 56.3 Å². The van der Waals surface area contributed by atoms with E-state index in [-0.39, 0.29) is 6.04 Å².